The van der Waals surface area contributed by atoms with E-state index in [9.17, 15) is 0 Å². The number of fused-ring (bicyclic) bond motifs is 1. The van der Waals surface area contributed by atoms with Crippen LogP contribution in [0.15, 0.2) is 11.4 Å². The smallest absolute Gasteiger partial charge is 0.135 e. The summed E-state index contributed by atoms with van der Waals surface area (Å²) in [5.74, 6) is 2.98. The van der Waals surface area contributed by atoms with E-state index in [2.05, 4.69) is 16.9 Å². The largest absolute Gasteiger partial charge is 0.383 e. The summed E-state index contributed by atoms with van der Waals surface area (Å²) in [6, 6.07) is 2.00. The van der Waals surface area contributed by atoms with Gasteiger partial charge in [0.05, 0.1) is 5.39 Å². The molecule has 1 aliphatic carbocycles. The lowest BCUT2D eigenvalue weighted by Crippen LogP contribution is -2.04. The standard InChI is InChI=1S/C13H17N3S/c1-2-8-3-4-9(7-8)12-15-11(14)10-5-6-17-13(10)16-12/h5-6,8-9H,2-4,7H2,1H3,(H2,14,15,16). The molecule has 0 aromatic carbocycles. The molecule has 90 valence electrons. The van der Waals surface area contributed by atoms with Gasteiger partial charge in [0.1, 0.15) is 16.5 Å². The number of hydrogen-bond acceptors (Lipinski definition) is 4. The van der Waals surface area contributed by atoms with E-state index in [0.717, 1.165) is 22.0 Å². The fourth-order valence-corrected chi connectivity index (χ4v) is 3.54. The second-order valence-electron chi connectivity index (χ2n) is 4.89. The first-order valence-corrected chi connectivity index (χ1v) is 7.16. The number of rotatable bonds is 2. The second-order valence-corrected chi connectivity index (χ2v) is 5.79. The number of anilines is 1. The Morgan fingerprint density at radius 2 is 2.29 bits per heavy atom. The fraction of sp³-hybridized carbons (Fsp3) is 0.538. The number of hydrogen-bond donors (Lipinski definition) is 1. The van der Waals surface area contributed by atoms with E-state index in [1.165, 1.54) is 25.7 Å². The van der Waals surface area contributed by atoms with Gasteiger partial charge in [-0.3, -0.25) is 0 Å². The SMILES string of the molecule is CCC1CCC(c2nc(N)c3ccsc3n2)C1. The van der Waals surface area contributed by atoms with Crippen molar-refractivity contribution in [1.82, 2.24) is 9.97 Å². The Morgan fingerprint density at radius 3 is 3.06 bits per heavy atom. The molecule has 1 aliphatic rings. The van der Waals surface area contributed by atoms with Crippen LogP contribution < -0.4 is 5.73 Å². The predicted molar refractivity (Wildman–Crippen MR) is 72.2 cm³/mol. The third-order valence-electron chi connectivity index (χ3n) is 3.86. The summed E-state index contributed by atoms with van der Waals surface area (Å²) < 4.78 is 0. The summed E-state index contributed by atoms with van der Waals surface area (Å²) in [5, 5.41) is 3.03. The van der Waals surface area contributed by atoms with Crippen molar-refractivity contribution in [1.29, 1.82) is 0 Å². The van der Waals surface area contributed by atoms with Crippen molar-refractivity contribution in [2.24, 2.45) is 5.92 Å². The molecule has 0 bridgehead atoms. The van der Waals surface area contributed by atoms with Crippen LogP contribution in [0.3, 0.4) is 0 Å². The van der Waals surface area contributed by atoms with Crippen LogP contribution in [0.25, 0.3) is 10.2 Å². The number of nitrogens with two attached hydrogens (primary N) is 1. The van der Waals surface area contributed by atoms with E-state index in [4.69, 9.17) is 5.73 Å². The van der Waals surface area contributed by atoms with Crippen molar-refractivity contribution < 1.29 is 0 Å². The lowest BCUT2D eigenvalue weighted by molar-refractivity contribution is 0.517. The molecular weight excluding hydrogens is 230 g/mol. The highest BCUT2D eigenvalue weighted by Crippen LogP contribution is 2.39. The van der Waals surface area contributed by atoms with E-state index in [-0.39, 0.29) is 0 Å². The van der Waals surface area contributed by atoms with Crippen LogP contribution in [0, 0.1) is 5.92 Å². The van der Waals surface area contributed by atoms with Crippen molar-refractivity contribution in [2.75, 3.05) is 5.73 Å². The molecule has 2 aromatic rings. The normalized spacial score (nSPS) is 24.5. The van der Waals surface area contributed by atoms with Crippen molar-refractivity contribution >= 4 is 27.4 Å². The Labute approximate surface area is 105 Å². The summed E-state index contributed by atoms with van der Waals surface area (Å²) in [6.07, 6.45) is 5.03. The molecule has 0 amide bonds. The van der Waals surface area contributed by atoms with Crippen LogP contribution in [-0.4, -0.2) is 9.97 Å². The van der Waals surface area contributed by atoms with E-state index in [1.807, 2.05) is 11.4 Å². The average Bonchev–Trinajstić information content (AvgIpc) is 2.97. The second kappa shape index (κ2) is 4.26. The van der Waals surface area contributed by atoms with E-state index in [1.54, 1.807) is 11.3 Å². The first-order valence-electron chi connectivity index (χ1n) is 6.28. The number of thiophene rings is 1. The van der Waals surface area contributed by atoms with Crippen LogP contribution in [0.1, 0.15) is 44.3 Å². The highest BCUT2D eigenvalue weighted by Gasteiger charge is 2.27. The molecule has 3 rings (SSSR count). The van der Waals surface area contributed by atoms with Crippen molar-refractivity contribution in [3.63, 3.8) is 0 Å². The van der Waals surface area contributed by atoms with Crippen LogP contribution in [0.5, 0.6) is 0 Å². The molecule has 0 aliphatic heterocycles. The first-order chi connectivity index (χ1) is 8.28. The third kappa shape index (κ3) is 1.90. The minimum atomic E-state index is 0.522. The zero-order valence-corrected chi connectivity index (χ0v) is 10.8. The highest BCUT2D eigenvalue weighted by atomic mass is 32.1. The predicted octanol–water partition coefficient (Wildman–Crippen LogP) is 3.57. The molecule has 4 heteroatoms. The molecule has 2 aromatic heterocycles. The fourth-order valence-electron chi connectivity index (χ4n) is 2.76. The molecule has 1 saturated carbocycles. The van der Waals surface area contributed by atoms with E-state index < -0.39 is 0 Å². The van der Waals surface area contributed by atoms with Gasteiger partial charge in [-0.2, -0.15) is 0 Å². The Balaban J connectivity index is 1.95. The van der Waals surface area contributed by atoms with Crippen molar-refractivity contribution in [3.05, 3.63) is 17.3 Å². The molecule has 2 heterocycles. The molecule has 0 spiro atoms. The molecular formula is C13H17N3S. The number of aromatic nitrogens is 2. The first kappa shape index (κ1) is 11.0. The molecule has 3 nitrogen and oxygen atoms in total. The Kier molecular flexibility index (Phi) is 2.74. The molecule has 17 heavy (non-hydrogen) atoms. The Bertz CT molecular complexity index is 534. The summed E-state index contributed by atoms with van der Waals surface area (Å²) in [7, 11) is 0. The van der Waals surface area contributed by atoms with E-state index in [0.29, 0.717) is 11.7 Å². The maximum absolute atomic E-state index is 5.99. The average molecular weight is 247 g/mol. The topological polar surface area (TPSA) is 51.8 Å². The summed E-state index contributed by atoms with van der Waals surface area (Å²) in [6.45, 7) is 2.27. The van der Waals surface area contributed by atoms with Gasteiger partial charge in [-0.1, -0.05) is 13.3 Å². The maximum Gasteiger partial charge on any atom is 0.135 e. The van der Waals surface area contributed by atoms with Crippen LogP contribution in [0.2, 0.25) is 0 Å². The maximum atomic E-state index is 5.99. The Hall–Kier alpha value is -1.16. The van der Waals surface area contributed by atoms with Crippen molar-refractivity contribution in [3.8, 4) is 0 Å². The van der Waals surface area contributed by atoms with Gasteiger partial charge < -0.3 is 5.73 Å². The van der Waals surface area contributed by atoms with Gasteiger partial charge >= 0.3 is 0 Å². The molecule has 0 radical (unpaired) electrons. The zero-order chi connectivity index (χ0) is 11.8. The molecule has 2 atom stereocenters. The number of nitrogen functional groups attached to an aromatic ring is 1. The van der Waals surface area contributed by atoms with Gasteiger partial charge in [0, 0.05) is 5.92 Å². The zero-order valence-electron chi connectivity index (χ0n) is 10.0. The molecule has 2 unspecified atom stereocenters. The lowest BCUT2D eigenvalue weighted by atomic mass is 10.0. The monoisotopic (exact) mass is 247 g/mol. The Morgan fingerprint density at radius 1 is 1.41 bits per heavy atom. The van der Waals surface area contributed by atoms with Gasteiger partial charge in [0.2, 0.25) is 0 Å². The minimum Gasteiger partial charge on any atom is -0.383 e. The van der Waals surface area contributed by atoms with Crippen LogP contribution in [-0.2, 0) is 0 Å². The van der Waals surface area contributed by atoms with Gasteiger partial charge in [-0.25, -0.2) is 9.97 Å². The summed E-state index contributed by atoms with van der Waals surface area (Å²) in [5.41, 5.74) is 5.99. The minimum absolute atomic E-state index is 0.522. The molecule has 2 N–H and O–H groups in total. The lowest BCUT2D eigenvalue weighted by Gasteiger charge is -2.09. The molecule has 1 fully saturated rings. The van der Waals surface area contributed by atoms with Crippen molar-refractivity contribution in [2.45, 2.75) is 38.5 Å². The number of nitrogens with zero attached hydrogens (tertiary/aromatic N) is 2. The van der Waals surface area contributed by atoms with Gasteiger partial charge in [0.25, 0.3) is 0 Å². The summed E-state index contributed by atoms with van der Waals surface area (Å²) in [4.78, 5) is 10.2. The van der Waals surface area contributed by atoms with E-state index >= 15 is 0 Å². The van der Waals surface area contributed by atoms with Gasteiger partial charge in [-0.15, -0.1) is 11.3 Å². The summed E-state index contributed by atoms with van der Waals surface area (Å²) >= 11 is 1.65. The van der Waals surface area contributed by atoms with Crippen LogP contribution in [0.4, 0.5) is 5.82 Å². The van der Waals surface area contributed by atoms with Crippen LogP contribution >= 0.6 is 11.3 Å². The van der Waals surface area contributed by atoms with Gasteiger partial charge in [-0.05, 0) is 36.6 Å². The third-order valence-corrected chi connectivity index (χ3v) is 4.66. The molecule has 0 saturated heterocycles. The highest BCUT2D eigenvalue weighted by molar-refractivity contribution is 7.16. The van der Waals surface area contributed by atoms with Gasteiger partial charge in [0.15, 0.2) is 0 Å². The quantitative estimate of drug-likeness (QED) is 0.882.